The standard InChI is InChI=1S/C24H20BrCl2NO3S/c25-22-4-2-1-3-21(22)24(29)28(19-11-12-32(30,31)15-19)14-16-5-7-17(8-6-16)20-10-9-18(26)13-23(20)27/h1-10,13,19H,11-12,14-15H2. The molecule has 1 aliphatic rings. The third-order valence-electron chi connectivity index (χ3n) is 5.56. The molecule has 1 atom stereocenters. The molecule has 0 aliphatic carbocycles. The van der Waals surface area contributed by atoms with Gasteiger partial charge in [-0.25, -0.2) is 8.42 Å². The first-order valence-electron chi connectivity index (χ1n) is 10.0. The third kappa shape index (κ3) is 5.20. The number of benzene rings is 3. The van der Waals surface area contributed by atoms with Crippen molar-refractivity contribution in [2.75, 3.05) is 11.5 Å². The molecule has 4 nitrogen and oxygen atoms in total. The van der Waals surface area contributed by atoms with Gasteiger partial charge in [-0.2, -0.15) is 0 Å². The summed E-state index contributed by atoms with van der Waals surface area (Å²) < 4.78 is 24.9. The Balaban J connectivity index is 1.62. The highest BCUT2D eigenvalue weighted by Crippen LogP contribution is 2.31. The molecule has 0 saturated carbocycles. The first-order valence-corrected chi connectivity index (χ1v) is 13.4. The first kappa shape index (κ1) is 23.3. The second-order valence-corrected chi connectivity index (χ2v) is 11.7. The largest absolute Gasteiger partial charge is 0.330 e. The van der Waals surface area contributed by atoms with E-state index >= 15 is 0 Å². The topological polar surface area (TPSA) is 54.5 Å². The molecule has 1 heterocycles. The monoisotopic (exact) mass is 551 g/mol. The van der Waals surface area contributed by atoms with Gasteiger partial charge in [-0.05, 0) is 57.7 Å². The second kappa shape index (κ2) is 9.56. The lowest BCUT2D eigenvalue weighted by Crippen LogP contribution is -2.40. The van der Waals surface area contributed by atoms with Gasteiger partial charge in [-0.3, -0.25) is 4.79 Å². The van der Waals surface area contributed by atoms with E-state index in [9.17, 15) is 13.2 Å². The number of halogens is 3. The van der Waals surface area contributed by atoms with Crippen molar-refractivity contribution in [1.29, 1.82) is 0 Å². The molecule has 3 aromatic rings. The predicted molar refractivity (Wildman–Crippen MR) is 133 cm³/mol. The van der Waals surface area contributed by atoms with Gasteiger partial charge in [-0.15, -0.1) is 0 Å². The van der Waals surface area contributed by atoms with Gasteiger partial charge in [0.05, 0.1) is 17.1 Å². The van der Waals surface area contributed by atoms with E-state index in [2.05, 4.69) is 15.9 Å². The summed E-state index contributed by atoms with van der Waals surface area (Å²) in [5.41, 5.74) is 3.22. The van der Waals surface area contributed by atoms with Crippen LogP contribution in [0.5, 0.6) is 0 Å². The maximum absolute atomic E-state index is 13.4. The molecule has 8 heteroatoms. The van der Waals surface area contributed by atoms with Gasteiger partial charge < -0.3 is 4.90 Å². The van der Waals surface area contributed by atoms with E-state index in [0.717, 1.165) is 16.7 Å². The molecule has 1 saturated heterocycles. The zero-order chi connectivity index (χ0) is 22.9. The Morgan fingerprint density at radius 2 is 1.75 bits per heavy atom. The average Bonchev–Trinajstić information content (AvgIpc) is 3.12. The SMILES string of the molecule is O=C(c1ccccc1Br)N(Cc1ccc(-c2ccc(Cl)cc2Cl)cc1)C1CCS(=O)(=O)C1. The van der Waals surface area contributed by atoms with Crippen LogP contribution in [0.15, 0.2) is 71.2 Å². The van der Waals surface area contributed by atoms with E-state index in [-0.39, 0.29) is 23.5 Å². The van der Waals surface area contributed by atoms with Crippen LogP contribution < -0.4 is 0 Å². The van der Waals surface area contributed by atoms with Crippen molar-refractivity contribution in [3.05, 3.63) is 92.4 Å². The zero-order valence-electron chi connectivity index (χ0n) is 17.0. The molecule has 1 amide bonds. The number of carbonyl (C=O) groups is 1. The Labute approximate surface area is 206 Å². The minimum absolute atomic E-state index is 0.0122. The summed E-state index contributed by atoms with van der Waals surface area (Å²) in [7, 11) is -3.14. The van der Waals surface area contributed by atoms with Gasteiger partial charge in [0, 0.05) is 32.7 Å². The van der Waals surface area contributed by atoms with Gasteiger partial charge in [0.1, 0.15) is 0 Å². The molecule has 0 radical (unpaired) electrons. The van der Waals surface area contributed by atoms with Crippen LogP contribution in [0.4, 0.5) is 0 Å². The molecule has 1 fully saturated rings. The third-order valence-corrected chi connectivity index (χ3v) is 8.55. The van der Waals surface area contributed by atoms with E-state index < -0.39 is 9.84 Å². The van der Waals surface area contributed by atoms with Gasteiger partial charge in [0.15, 0.2) is 9.84 Å². The molecular formula is C24H20BrCl2NO3S. The minimum atomic E-state index is -3.14. The predicted octanol–water partition coefficient (Wildman–Crippen LogP) is 6.25. The van der Waals surface area contributed by atoms with Crippen molar-refractivity contribution in [2.24, 2.45) is 0 Å². The van der Waals surface area contributed by atoms with Crippen LogP contribution in [-0.2, 0) is 16.4 Å². The van der Waals surface area contributed by atoms with E-state index in [0.29, 0.717) is 33.0 Å². The van der Waals surface area contributed by atoms with Crippen LogP contribution in [0.3, 0.4) is 0 Å². The number of carbonyl (C=O) groups excluding carboxylic acids is 1. The quantitative estimate of drug-likeness (QED) is 0.376. The van der Waals surface area contributed by atoms with Crippen LogP contribution >= 0.6 is 39.1 Å². The van der Waals surface area contributed by atoms with Crippen molar-refractivity contribution < 1.29 is 13.2 Å². The van der Waals surface area contributed by atoms with Crippen LogP contribution in [0, 0.1) is 0 Å². The second-order valence-electron chi connectivity index (χ2n) is 7.79. The highest BCUT2D eigenvalue weighted by atomic mass is 79.9. The molecule has 1 unspecified atom stereocenters. The normalized spacial score (nSPS) is 17.3. The molecule has 0 spiro atoms. The van der Waals surface area contributed by atoms with E-state index in [1.54, 1.807) is 29.2 Å². The molecule has 0 aromatic heterocycles. The van der Waals surface area contributed by atoms with Crippen molar-refractivity contribution in [2.45, 2.75) is 19.0 Å². The van der Waals surface area contributed by atoms with Crippen LogP contribution in [0.25, 0.3) is 11.1 Å². The number of nitrogens with zero attached hydrogens (tertiary/aromatic N) is 1. The molecule has 4 rings (SSSR count). The lowest BCUT2D eigenvalue weighted by Gasteiger charge is -2.29. The van der Waals surface area contributed by atoms with Crippen molar-refractivity contribution in [1.82, 2.24) is 4.90 Å². The Hall–Kier alpha value is -1.86. The van der Waals surface area contributed by atoms with E-state index in [1.807, 2.05) is 42.5 Å². The first-order chi connectivity index (χ1) is 15.2. The number of amides is 1. The highest BCUT2D eigenvalue weighted by molar-refractivity contribution is 9.10. The van der Waals surface area contributed by atoms with Crippen molar-refractivity contribution >= 4 is 54.9 Å². The van der Waals surface area contributed by atoms with Crippen molar-refractivity contribution in [3.8, 4) is 11.1 Å². The Bertz CT molecular complexity index is 1260. The van der Waals surface area contributed by atoms with Gasteiger partial charge in [0.25, 0.3) is 5.91 Å². The lowest BCUT2D eigenvalue weighted by molar-refractivity contribution is 0.0680. The fourth-order valence-electron chi connectivity index (χ4n) is 3.89. The van der Waals surface area contributed by atoms with Crippen molar-refractivity contribution in [3.63, 3.8) is 0 Å². The average molecular weight is 553 g/mol. The zero-order valence-corrected chi connectivity index (χ0v) is 20.9. The number of rotatable bonds is 5. The molecule has 3 aromatic carbocycles. The van der Waals surface area contributed by atoms with Crippen LogP contribution in [0.1, 0.15) is 22.3 Å². The summed E-state index contributed by atoms with van der Waals surface area (Å²) in [5, 5.41) is 1.13. The molecule has 32 heavy (non-hydrogen) atoms. The Morgan fingerprint density at radius 1 is 1.03 bits per heavy atom. The van der Waals surface area contributed by atoms with Gasteiger partial charge >= 0.3 is 0 Å². The van der Waals surface area contributed by atoms with Gasteiger partial charge in [0.2, 0.25) is 0 Å². The fraction of sp³-hybridized carbons (Fsp3) is 0.208. The summed E-state index contributed by atoms with van der Waals surface area (Å²) in [6, 6.07) is 19.9. The molecule has 0 N–H and O–H groups in total. The minimum Gasteiger partial charge on any atom is -0.330 e. The highest BCUT2D eigenvalue weighted by Gasteiger charge is 2.35. The maximum atomic E-state index is 13.4. The summed E-state index contributed by atoms with van der Waals surface area (Å²) >= 11 is 15.8. The Morgan fingerprint density at radius 3 is 2.38 bits per heavy atom. The number of hydrogen-bond donors (Lipinski definition) is 0. The summed E-state index contributed by atoms with van der Waals surface area (Å²) in [6.07, 6.45) is 0.441. The maximum Gasteiger partial charge on any atom is 0.255 e. The molecule has 0 bridgehead atoms. The molecule has 166 valence electrons. The van der Waals surface area contributed by atoms with E-state index in [1.165, 1.54) is 0 Å². The van der Waals surface area contributed by atoms with Gasteiger partial charge in [-0.1, -0.05) is 65.7 Å². The molecular weight excluding hydrogens is 533 g/mol. The summed E-state index contributed by atoms with van der Waals surface area (Å²) in [6.45, 7) is 0.314. The number of sulfone groups is 1. The smallest absolute Gasteiger partial charge is 0.255 e. The fourth-order valence-corrected chi connectivity index (χ4v) is 6.59. The summed E-state index contributed by atoms with van der Waals surface area (Å²) in [4.78, 5) is 15.1. The summed E-state index contributed by atoms with van der Waals surface area (Å²) in [5.74, 6) is -0.100. The van der Waals surface area contributed by atoms with Crippen LogP contribution in [0.2, 0.25) is 10.0 Å². The van der Waals surface area contributed by atoms with Crippen LogP contribution in [-0.4, -0.2) is 36.8 Å². The number of hydrogen-bond acceptors (Lipinski definition) is 3. The lowest BCUT2D eigenvalue weighted by atomic mass is 10.0. The molecule has 1 aliphatic heterocycles. The Kier molecular flexibility index (Phi) is 6.96. The van der Waals surface area contributed by atoms with E-state index in [4.69, 9.17) is 23.2 Å².